The molecule has 10 nitrogen and oxygen atoms in total. The van der Waals surface area contributed by atoms with Crippen LogP contribution in [-0.2, 0) is 27.2 Å². The van der Waals surface area contributed by atoms with E-state index in [0.717, 1.165) is 29.7 Å². The van der Waals surface area contributed by atoms with Crippen molar-refractivity contribution < 1.29 is 29.3 Å². The van der Waals surface area contributed by atoms with Gasteiger partial charge in [-0.25, -0.2) is 0 Å². The van der Waals surface area contributed by atoms with Crippen molar-refractivity contribution in [1.29, 1.82) is 0 Å². The van der Waals surface area contributed by atoms with Gasteiger partial charge in [-0.2, -0.15) is 0 Å². The zero-order chi connectivity index (χ0) is 26.9. The molecule has 7 N–H and O–H groups in total. The molecule has 0 heterocycles. The van der Waals surface area contributed by atoms with Gasteiger partial charge in [-0.05, 0) is 67.5 Å². The number of unbranched alkanes of at least 4 members (excludes halogenated alkanes) is 1. The summed E-state index contributed by atoms with van der Waals surface area (Å²) in [6.45, 7) is 1.34. The van der Waals surface area contributed by atoms with E-state index in [2.05, 4.69) is 16.0 Å². The zero-order valence-electron chi connectivity index (χ0n) is 21.1. The number of aromatic hydroxyl groups is 1. The quantitative estimate of drug-likeness (QED) is 0.170. The molecule has 2 aromatic rings. The van der Waals surface area contributed by atoms with Gasteiger partial charge in [-0.3, -0.25) is 14.4 Å². The largest absolute Gasteiger partial charge is 0.508 e. The molecule has 0 aliphatic heterocycles. The maximum Gasteiger partial charge on any atom is 0.239 e. The lowest BCUT2D eigenvalue weighted by Gasteiger charge is -2.12. The summed E-state index contributed by atoms with van der Waals surface area (Å²) in [5.74, 6) is 0.216. The molecule has 0 fully saturated rings. The fourth-order valence-electron chi connectivity index (χ4n) is 3.39. The molecule has 37 heavy (non-hydrogen) atoms. The number of aryl methyl sites for hydroxylation is 1. The van der Waals surface area contributed by atoms with Gasteiger partial charge >= 0.3 is 0 Å². The number of rotatable bonds is 17. The van der Waals surface area contributed by atoms with E-state index in [0.29, 0.717) is 39.0 Å². The fourth-order valence-corrected chi connectivity index (χ4v) is 3.39. The number of aliphatic hydroxyl groups excluding tert-OH is 1. The molecule has 1 atom stereocenters. The second-order valence-electron chi connectivity index (χ2n) is 8.67. The predicted molar refractivity (Wildman–Crippen MR) is 140 cm³/mol. The summed E-state index contributed by atoms with van der Waals surface area (Å²) in [5.41, 5.74) is 7.83. The van der Waals surface area contributed by atoms with E-state index in [4.69, 9.17) is 15.6 Å². The number of phenols is 1. The second kappa shape index (κ2) is 16.9. The van der Waals surface area contributed by atoms with Gasteiger partial charge in [0.15, 0.2) is 0 Å². The van der Waals surface area contributed by atoms with Crippen LogP contribution in [0.25, 0.3) is 0 Å². The van der Waals surface area contributed by atoms with E-state index in [1.807, 2.05) is 24.3 Å². The minimum absolute atomic E-state index is 0.0102. The normalized spacial score (nSPS) is 11.4. The van der Waals surface area contributed by atoms with E-state index in [-0.39, 0.29) is 43.0 Å². The minimum Gasteiger partial charge on any atom is -0.508 e. The first-order valence-electron chi connectivity index (χ1n) is 12.5. The van der Waals surface area contributed by atoms with Crippen LogP contribution >= 0.6 is 0 Å². The third-order valence-electron chi connectivity index (χ3n) is 5.54. The highest BCUT2D eigenvalue weighted by Crippen LogP contribution is 2.14. The van der Waals surface area contributed by atoms with Crippen LogP contribution in [0.5, 0.6) is 11.5 Å². The molecule has 0 saturated heterocycles. The fraction of sp³-hybridized carbons (Fsp3) is 0.444. The number of nitrogens with two attached hydrogens (primary N) is 1. The van der Waals surface area contributed by atoms with Crippen LogP contribution in [-0.4, -0.2) is 66.8 Å². The lowest BCUT2D eigenvalue weighted by molar-refractivity contribution is -0.126. The Balaban J connectivity index is 1.53. The number of ether oxygens (including phenoxy) is 1. The maximum atomic E-state index is 12.1. The van der Waals surface area contributed by atoms with Gasteiger partial charge in [0.25, 0.3) is 0 Å². The molecule has 0 aliphatic rings. The van der Waals surface area contributed by atoms with Gasteiger partial charge in [0.05, 0.1) is 19.2 Å². The highest BCUT2D eigenvalue weighted by Gasteiger charge is 2.13. The molecule has 10 heteroatoms. The van der Waals surface area contributed by atoms with Crippen molar-refractivity contribution in [2.24, 2.45) is 5.73 Å². The monoisotopic (exact) mass is 514 g/mol. The first-order chi connectivity index (χ1) is 17.9. The van der Waals surface area contributed by atoms with E-state index in [1.54, 1.807) is 24.3 Å². The molecule has 2 rings (SSSR count). The van der Waals surface area contributed by atoms with E-state index >= 15 is 0 Å². The molecule has 0 spiro atoms. The van der Waals surface area contributed by atoms with Crippen molar-refractivity contribution in [2.45, 2.75) is 44.6 Å². The Morgan fingerprint density at radius 3 is 2.22 bits per heavy atom. The highest BCUT2D eigenvalue weighted by molar-refractivity contribution is 5.84. The molecule has 0 saturated carbocycles. The number of carbonyl (C=O) groups excluding carboxylic acids is 3. The molecular weight excluding hydrogens is 476 g/mol. The predicted octanol–water partition coefficient (Wildman–Crippen LogP) is 0.785. The van der Waals surface area contributed by atoms with Crippen LogP contribution in [0, 0.1) is 0 Å². The van der Waals surface area contributed by atoms with Gasteiger partial charge in [0.1, 0.15) is 11.5 Å². The van der Waals surface area contributed by atoms with Crippen molar-refractivity contribution in [3.05, 3.63) is 59.7 Å². The maximum absolute atomic E-state index is 12.1. The third kappa shape index (κ3) is 12.8. The second-order valence-corrected chi connectivity index (χ2v) is 8.67. The van der Waals surface area contributed by atoms with Crippen LogP contribution in [0.1, 0.15) is 36.8 Å². The van der Waals surface area contributed by atoms with Crippen LogP contribution in [0.3, 0.4) is 0 Å². The summed E-state index contributed by atoms with van der Waals surface area (Å²) < 4.78 is 5.74. The summed E-state index contributed by atoms with van der Waals surface area (Å²) in [4.78, 5) is 35.6. The number of hydrogen-bond donors (Lipinski definition) is 6. The minimum atomic E-state index is -0.646. The Hall–Kier alpha value is -3.63. The molecule has 0 aromatic heterocycles. The summed E-state index contributed by atoms with van der Waals surface area (Å²) >= 11 is 0. The number of hydrogen-bond acceptors (Lipinski definition) is 7. The van der Waals surface area contributed by atoms with Crippen molar-refractivity contribution in [3.63, 3.8) is 0 Å². The summed E-state index contributed by atoms with van der Waals surface area (Å²) in [6.07, 6.45) is 3.23. The van der Waals surface area contributed by atoms with Gasteiger partial charge in [0, 0.05) is 26.1 Å². The summed E-state index contributed by atoms with van der Waals surface area (Å²) in [5, 5.41) is 26.0. The van der Waals surface area contributed by atoms with E-state index < -0.39 is 6.04 Å². The van der Waals surface area contributed by atoms with Crippen LogP contribution in [0.4, 0.5) is 0 Å². The first-order valence-corrected chi connectivity index (χ1v) is 12.5. The standard InChI is InChI=1S/C27H38N4O6/c28-24(18-21-4-9-22(33)10-5-21)27(36)30-14-1-2-17-37-23-11-6-20(7-12-23)8-13-25(34)31-19-26(35)29-15-3-16-32/h4-7,9-12,24,32-33H,1-3,8,13-19,28H2,(H,29,35)(H,30,36)(H,31,34). The number of aliphatic hydroxyl groups is 1. The van der Waals surface area contributed by atoms with Crippen LogP contribution < -0.4 is 26.4 Å². The van der Waals surface area contributed by atoms with E-state index in [1.165, 1.54) is 0 Å². The molecule has 202 valence electrons. The molecule has 3 amide bonds. The average molecular weight is 515 g/mol. The number of amides is 3. The van der Waals surface area contributed by atoms with Gasteiger partial charge < -0.3 is 36.6 Å². The number of phenolic OH excluding ortho intramolecular Hbond substituents is 1. The van der Waals surface area contributed by atoms with Gasteiger partial charge in [-0.1, -0.05) is 24.3 Å². The third-order valence-corrected chi connectivity index (χ3v) is 5.54. The lowest BCUT2D eigenvalue weighted by atomic mass is 10.1. The molecular formula is C27H38N4O6. The molecule has 2 aromatic carbocycles. The molecule has 1 unspecified atom stereocenters. The Morgan fingerprint density at radius 2 is 1.51 bits per heavy atom. The van der Waals surface area contributed by atoms with Gasteiger partial charge in [-0.15, -0.1) is 0 Å². The van der Waals surface area contributed by atoms with Crippen molar-refractivity contribution in [2.75, 3.05) is 32.8 Å². The van der Waals surface area contributed by atoms with Crippen LogP contribution in [0.2, 0.25) is 0 Å². The van der Waals surface area contributed by atoms with Crippen molar-refractivity contribution in [1.82, 2.24) is 16.0 Å². The number of benzene rings is 2. The SMILES string of the molecule is NC(Cc1ccc(O)cc1)C(=O)NCCCCOc1ccc(CCC(=O)NCC(=O)NCCCO)cc1. The highest BCUT2D eigenvalue weighted by atomic mass is 16.5. The molecule has 0 bridgehead atoms. The van der Waals surface area contributed by atoms with Crippen LogP contribution in [0.15, 0.2) is 48.5 Å². The molecule has 0 aliphatic carbocycles. The number of nitrogens with one attached hydrogen (secondary N) is 3. The molecule has 0 radical (unpaired) electrons. The van der Waals surface area contributed by atoms with Gasteiger partial charge in [0.2, 0.25) is 17.7 Å². The summed E-state index contributed by atoms with van der Waals surface area (Å²) in [7, 11) is 0. The topological polar surface area (TPSA) is 163 Å². The summed E-state index contributed by atoms with van der Waals surface area (Å²) in [6, 6.07) is 13.5. The Bertz CT molecular complexity index is 966. The Labute approximate surface area is 217 Å². The van der Waals surface area contributed by atoms with Crippen molar-refractivity contribution >= 4 is 17.7 Å². The first kappa shape index (κ1) is 29.6. The zero-order valence-corrected chi connectivity index (χ0v) is 21.1. The van der Waals surface area contributed by atoms with E-state index in [9.17, 15) is 19.5 Å². The Kier molecular flexibility index (Phi) is 13.5. The Morgan fingerprint density at radius 1 is 0.838 bits per heavy atom. The van der Waals surface area contributed by atoms with Crippen molar-refractivity contribution in [3.8, 4) is 11.5 Å². The lowest BCUT2D eigenvalue weighted by Crippen LogP contribution is -2.42. The number of carbonyl (C=O) groups is 3. The smallest absolute Gasteiger partial charge is 0.239 e. The average Bonchev–Trinajstić information content (AvgIpc) is 2.90.